The number of carbonyl (C=O) groups excluding carboxylic acids is 1. The van der Waals surface area contributed by atoms with Crippen molar-refractivity contribution in [3.63, 3.8) is 0 Å². The predicted molar refractivity (Wildman–Crippen MR) is 62.3 cm³/mol. The van der Waals surface area contributed by atoms with Crippen molar-refractivity contribution in [3.8, 4) is 0 Å². The van der Waals surface area contributed by atoms with E-state index in [2.05, 4.69) is 18.9 Å². The van der Waals surface area contributed by atoms with Crippen molar-refractivity contribution in [3.05, 3.63) is 12.2 Å². The molecule has 0 aliphatic carbocycles. The van der Waals surface area contributed by atoms with E-state index in [0.29, 0.717) is 11.6 Å². The van der Waals surface area contributed by atoms with E-state index in [9.17, 15) is 4.79 Å². The number of rotatable bonds is 5. The molecular formula is C10H21ClN2O. The number of amides is 1. The van der Waals surface area contributed by atoms with Crippen LogP contribution < -0.4 is 5.43 Å². The third-order valence-corrected chi connectivity index (χ3v) is 1.72. The molecule has 0 radical (unpaired) electrons. The molecule has 14 heavy (non-hydrogen) atoms. The maximum Gasteiger partial charge on any atom is 0.260 e. The summed E-state index contributed by atoms with van der Waals surface area (Å²) in [5.74, 6) is -0.0952. The van der Waals surface area contributed by atoms with E-state index in [0.717, 1.165) is 13.0 Å². The van der Waals surface area contributed by atoms with Crippen molar-refractivity contribution in [2.24, 2.45) is 0 Å². The van der Waals surface area contributed by atoms with Gasteiger partial charge in [0.25, 0.3) is 5.91 Å². The Labute approximate surface area is 92.9 Å². The summed E-state index contributed by atoms with van der Waals surface area (Å²) in [4.78, 5) is 11.3. The largest absolute Gasteiger partial charge is 0.285 e. The molecule has 0 heterocycles. The van der Waals surface area contributed by atoms with Gasteiger partial charge in [0.15, 0.2) is 0 Å². The van der Waals surface area contributed by atoms with E-state index < -0.39 is 0 Å². The molecule has 0 atom stereocenters. The summed E-state index contributed by atoms with van der Waals surface area (Å²) in [7, 11) is 0. The van der Waals surface area contributed by atoms with Crippen molar-refractivity contribution in [2.45, 2.75) is 40.2 Å². The average Bonchev–Trinajstić information content (AvgIpc) is 2.03. The van der Waals surface area contributed by atoms with Gasteiger partial charge in [-0.3, -0.25) is 10.2 Å². The van der Waals surface area contributed by atoms with Gasteiger partial charge in [-0.2, -0.15) is 0 Å². The van der Waals surface area contributed by atoms with Crippen LogP contribution in [0.4, 0.5) is 0 Å². The molecule has 0 spiro atoms. The monoisotopic (exact) mass is 220 g/mol. The highest BCUT2D eigenvalue weighted by atomic mass is 35.5. The first kappa shape index (κ1) is 15.9. The fraction of sp³-hybridized carbons (Fsp3) is 0.700. The first-order valence-electron chi connectivity index (χ1n) is 4.72. The average molecular weight is 221 g/mol. The highest BCUT2D eigenvalue weighted by Gasteiger charge is 2.11. The summed E-state index contributed by atoms with van der Waals surface area (Å²) >= 11 is 0. The van der Waals surface area contributed by atoms with Gasteiger partial charge in [0.2, 0.25) is 0 Å². The molecule has 84 valence electrons. The third kappa shape index (κ3) is 6.00. The van der Waals surface area contributed by atoms with Gasteiger partial charge < -0.3 is 0 Å². The second kappa shape index (κ2) is 7.83. The smallest absolute Gasteiger partial charge is 0.260 e. The molecule has 0 saturated carbocycles. The zero-order valence-electron chi connectivity index (χ0n) is 9.46. The van der Waals surface area contributed by atoms with Crippen LogP contribution in [0.15, 0.2) is 12.2 Å². The zero-order chi connectivity index (χ0) is 10.4. The van der Waals surface area contributed by atoms with Crippen LogP contribution in [0.2, 0.25) is 0 Å². The number of hydrogen-bond donors (Lipinski definition) is 1. The lowest BCUT2D eigenvalue weighted by molar-refractivity contribution is -0.122. The van der Waals surface area contributed by atoms with Crippen LogP contribution in [-0.2, 0) is 4.79 Å². The minimum Gasteiger partial charge on any atom is -0.285 e. The van der Waals surface area contributed by atoms with Crippen molar-refractivity contribution < 1.29 is 4.79 Å². The van der Waals surface area contributed by atoms with Crippen LogP contribution in [0.5, 0.6) is 0 Å². The molecule has 1 amide bonds. The van der Waals surface area contributed by atoms with E-state index in [1.807, 2.05) is 18.9 Å². The van der Waals surface area contributed by atoms with Crippen LogP contribution in [0.3, 0.4) is 0 Å². The molecule has 3 nitrogen and oxygen atoms in total. The van der Waals surface area contributed by atoms with Crippen molar-refractivity contribution in [2.75, 3.05) is 6.54 Å². The highest BCUT2D eigenvalue weighted by molar-refractivity contribution is 5.91. The van der Waals surface area contributed by atoms with Crippen LogP contribution in [0, 0.1) is 0 Å². The van der Waals surface area contributed by atoms with Crippen molar-refractivity contribution in [1.82, 2.24) is 10.4 Å². The van der Waals surface area contributed by atoms with Gasteiger partial charge in [0, 0.05) is 18.2 Å². The van der Waals surface area contributed by atoms with E-state index in [4.69, 9.17) is 0 Å². The Balaban J connectivity index is 0. The second-order valence-corrected chi connectivity index (χ2v) is 3.51. The summed E-state index contributed by atoms with van der Waals surface area (Å²) < 4.78 is 0. The second-order valence-electron chi connectivity index (χ2n) is 3.51. The zero-order valence-corrected chi connectivity index (χ0v) is 10.3. The Morgan fingerprint density at radius 2 is 2.00 bits per heavy atom. The maximum atomic E-state index is 11.3. The SMILES string of the molecule is C=C(C)C(=O)NN(CCC)C(C)C.Cl. The van der Waals surface area contributed by atoms with Gasteiger partial charge in [-0.1, -0.05) is 13.5 Å². The maximum absolute atomic E-state index is 11.3. The fourth-order valence-corrected chi connectivity index (χ4v) is 0.910. The number of nitrogens with zero attached hydrogens (tertiary/aromatic N) is 1. The number of nitrogens with one attached hydrogen (secondary N) is 1. The third-order valence-electron chi connectivity index (χ3n) is 1.72. The molecule has 0 unspecified atom stereocenters. The number of hydrazine groups is 1. The number of halogens is 1. The Morgan fingerprint density at radius 1 is 1.50 bits per heavy atom. The molecule has 0 fully saturated rings. The Kier molecular flexibility index (Phi) is 8.89. The lowest BCUT2D eigenvalue weighted by Crippen LogP contribution is -2.46. The molecule has 0 bridgehead atoms. The highest BCUT2D eigenvalue weighted by Crippen LogP contribution is 1.97. The Bertz CT molecular complexity index is 193. The minimum atomic E-state index is -0.0952. The molecule has 0 aromatic heterocycles. The van der Waals surface area contributed by atoms with E-state index in [-0.39, 0.29) is 18.3 Å². The van der Waals surface area contributed by atoms with Gasteiger partial charge >= 0.3 is 0 Å². The standard InChI is InChI=1S/C10H20N2O.ClH/c1-6-7-12(9(4)5)11-10(13)8(2)3;/h9H,2,6-7H2,1,3-5H3,(H,11,13);1H. The minimum absolute atomic E-state index is 0. The fourth-order valence-electron chi connectivity index (χ4n) is 0.910. The Morgan fingerprint density at radius 3 is 2.29 bits per heavy atom. The normalized spacial score (nSPS) is 9.86. The Hall–Kier alpha value is -0.540. The molecule has 4 heteroatoms. The summed E-state index contributed by atoms with van der Waals surface area (Å²) in [6.45, 7) is 12.4. The van der Waals surface area contributed by atoms with Gasteiger partial charge in [-0.05, 0) is 27.2 Å². The van der Waals surface area contributed by atoms with Crippen molar-refractivity contribution >= 4 is 18.3 Å². The quantitative estimate of drug-likeness (QED) is 0.569. The molecule has 0 aromatic rings. The van der Waals surface area contributed by atoms with Crippen LogP contribution in [0.1, 0.15) is 34.1 Å². The first-order valence-corrected chi connectivity index (χ1v) is 4.72. The van der Waals surface area contributed by atoms with Crippen LogP contribution >= 0.6 is 12.4 Å². The molecule has 0 saturated heterocycles. The van der Waals surface area contributed by atoms with Gasteiger partial charge in [0.1, 0.15) is 0 Å². The van der Waals surface area contributed by atoms with Crippen molar-refractivity contribution in [1.29, 1.82) is 0 Å². The number of hydrogen-bond acceptors (Lipinski definition) is 2. The summed E-state index contributed by atoms with van der Waals surface area (Å²) in [5, 5.41) is 1.93. The summed E-state index contributed by atoms with van der Waals surface area (Å²) in [6, 6.07) is 0.322. The van der Waals surface area contributed by atoms with E-state index in [1.165, 1.54) is 0 Å². The summed E-state index contributed by atoms with van der Waals surface area (Å²) in [5.41, 5.74) is 3.35. The molecule has 1 N–H and O–H groups in total. The molecule has 0 aliphatic rings. The summed E-state index contributed by atoms with van der Waals surface area (Å²) in [6.07, 6.45) is 1.02. The predicted octanol–water partition coefficient (Wildman–Crippen LogP) is 2.14. The topological polar surface area (TPSA) is 32.3 Å². The van der Waals surface area contributed by atoms with Gasteiger partial charge in [-0.25, -0.2) is 5.01 Å². The van der Waals surface area contributed by atoms with E-state index >= 15 is 0 Å². The van der Waals surface area contributed by atoms with E-state index in [1.54, 1.807) is 6.92 Å². The van der Waals surface area contributed by atoms with Gasteiger partial charge in [-0.15, -0.1) is 12.4 Å². The van der Waals surface area contributed by atoms with Crippen LogP contribution in [-0.4, -0.2) is 23.5 Å². The molecule has 0 rings (SSSR count). The van der Waals surface area contributed by atoms with Gasteiger partial charge in [0.05, 0.1) is 0 Å². The number of carbonyl (C=O) groups is 1. The first-order chi connectivity index (χ1) is 5.99. The molecular weight excluding hydrogens is 200 g/mol. The molecule has 0 aliphatic heterocycles. The molecule has 0 aromatic carbocycles. The van der Waals surface area contributed by atoms with Crippen LogP contribution in [0.25, 0.3) is 0 Å². The lowest BCUT2D eigenvalue weighted by atomic mass is 10.3. The lowest BCUT2D eigenvalue weighted by Gasteiger charge is -2.26.